The Labute approximate surface area is 122 Å². The zero-order valence-corrected chi connectivity index (χ0v) is 13.6. The van der Waals surface area contributed by atoms with E-state index in [-0.39, 0.29) is 0 Å². The average molecular weight is 301 g/mol. The molecule has 0 aromatic rings. The highest BCUT2D eigenvalue weighted by Gasteiger charge is 2.20. The monoisotopic (exact) mass is 301 g/mol. The summed E-state index contributed by atoms with van der Waals surface area (Å²) in [7, 11) is 0.847. The Balaban J connectivity index is 0. The first-order valence-electron chi connectivity index (χ1n) is 7.74. The number of quaternary nitrogens is 1. The van der Waals surface area contributed by atoms with E-state index in [1.807, 2.05) is 0 Å². The van der Waals surface area contributed by atoms with Crippen molar-refractivity contribution in [1.82, 2.24) is 0 Å². The lowest BCUT2D eigenvalue weighted by molar-refractivity contribution is -0.870. The van der Waals surface area contributed by atoms with Gasteiger partial charge in [0.15, 0.2) is 0 Å². The standard InChI is InChI=1S/C14H32N.BF4/c1-5-6-7-8-9-10-11-12-13-14-15(2,3)4;2-1(3,4)5/h5-14H2,1-4H3;/q+1;-1. The molecule has 0 spiro atoms. The number of hydrogen-bond acceptors (Lipinski definition) is 0. The van der Waals surface area contributed by atoms with Crippen LogP contribution in [0, 0.1) is 0 Å². The molecule has 6 heteroatoms. The summed E-state index contributed by atoms with van der Waals surface area (Å²) in [6.45, 7) is 3.61. The van der Waals surface area contributed by atoms with E-state index < -0.39 is 7.25 Å². The Morgan fingerprint density at radius 1 is 0.650 bits per heavy atom. The van der Waals surface area contributed by atoms with Gasteiger partial charge in [0.2, 0.25) is 0 Å². The van der Waals surface area contributed by atoms with Crippen molar-refractivity contribution in [2.75, 3.05) is 27.7 Å². The largest absolute Gasteiger partial charge is 0.673 e. The van der Waals surface area contributed by atoms with Gasteiger partial charge in [-0.15, -0.1) is 0 Å². The van der Waals surface area contributed by atoms with Crippen LogP contribution in [0.15, 0.2) is 0 Å². The molecule has 0 fully saturated rings. The molecule has 124 valence electrons. The fourth-order valence-electron chi connectivity index (χ4n) is 1.90. The fraction of sp³-hybridized carbons (Fsp3) is 1.00. The molecule has 0 saturated heterocycles. The Morgan fingerprint density at radius 2 is 0.950 bits per heavy atom. The summed E-state index contributed by atoms with van der Waals surface area (Å²) in [5, 5.41) is 0. The van der Waals surface area contributed by atoms with Crippen molar-refractivity contribution in [3.05, 3.63) is 0 Å². The molecule has 0 radical (unpaired) electrons. The fourth-order valence-corrected chi connectivity index (χ4v) is 1.90. The molecule has 0 bridgehead atoms. The van der Waals surface area contributed by atoms with E-state index in [9.17, 15) is 17.3 Å². The molecule has 0 heterocycles. The quantitative estimate of drug-likeness (QED) is 0.215. The number of halogens is 4. The highest BCUT2D eigenvalue weighted by atomic mass is 19.5. The maximum Gasteiger partial charge on any atom is 0.673 e. The second-order valence-corrected chi connectivity index (χ2v) is 6.34. The summed E-state index contributed by atoms with van der Waals surface area (Å²) in [6, 6.07) is 0. The lowest BCUT2D eigenvalue weighted by atomic mass is 10.1. The summed E-state index contributed by atoms with van der Waals surface area (Å²) < 4.78 is 40.1. The molecular weight excluding hydrogens is 269 g/mol. The van der Waals surface area contributed by atoms with E-state index in [0.717, 1.165) is 4.48 Å². The van der Waals surface area contributed by atoms with Gasteiger partial charge in [0.1, 0.15) is 0 Å². The second kappa shape index (κ2) is 12.5. The Morgan fingerprint density at radius 3 is 1.25 bits per heavy atom. The molecule has 0 unspecified atom stereocenters. The van der Waals surface area contributed by atoms with Gasteiger partial charge in [-0.3, -0.25) is 0 Å². The predicted octanol–water partition coefficient (Wildman–Crippen LogP) is 5.52. The SMILES string of the molecule is CCCCCCCCCCC[N+](C)(C)C.F[B-](F)(F)F. The van der Waals surface area contributed by atoms with Crippen molar-refractivity contribution in [1.29, 1.82) is 0 Å². The molecule has 0 aromatic heterocycles. The smallest absolute Gasteiger partial charge is 0.418 e. The Bertz CT molecular complexity index is 196. The lowest BCUT2D eigenvalue weighted by Crippen LogP contribution is -2.35. The Kier molecular flexibility index (Phi) is 13.8. The minimum atomic E-state index is -6.00. The molecule has 0 saturated carbocycles. The van der Waals surface area contributed by atoms with Crippen LogP contribution >= 0.6 is 0 Å². The van der Waals surface area contributed by atoms with Gasteiger partial charge in [-0.25, -0.2) is 0 Å². The van der Waals surface area contributed by atoms with Gasteiger partial charge in [0.05, 0.1) is 27.7 Å². The first-order valence-corrected chi connectivity index (χ1v) is 7.74. The molecule has 0 aliphatic rings. The lowest BCUT2D eigenvalue weighted by Gasteiger charge is -2.23. The third-order valence-electron chi connectivity index (χ3n) is 2.93. The van der Waals surface area contributed by atoms with E-state index in [2.05, 4.69) is 28.1 Å². The topological polar surface area (TPSA) is 0 Å². The van der Waals surface area contributed by atoms with Crippen LogP contribution in [0.3, 0.4) is 0 Å². The maximum atomic E-state index is 9.75. The van der Waals surface area contributed by atoms with Crippen molar-refractivity contribution in [3.8, 4) is 0 Å². The number of unbranched alkanes of at least 4 members (excludes halogenated alkanes) is 8. The number of nitrogens with zero attached hydrogens (tertiary/aromatic N) is 1. The van der Waals surface area contributed by atoms with Gasteiger partial charge in [0, 0.05) is 0 Å². The summed E-state index contributed by atoms with van der Waals surface area (Å²) in [4.78, 5) is 0. The summed E-state index contributed by atoms with van der Waals surface area (Å²) in [5.41, 5.74) is 0. The van der Waals surface area contributed by atoms with E-state index in [1.165, 1.54) is 64.3 Å². The van der Waals surface area contributed by atoms with Crippen LogP contribution in [0.1, 0.15) is 64.7 Å². The molecule has 0 atom stereocenters. The molecule has 0 aliphatic carbocycles. The summed E-state index contributed by atoms with van der Waals surface area (Å²) >= 11 is 0. The third kappa shape index (κ3) is 36.1. The minimum Gasteiger partial charge on any atom is -0.418 e. The van der Waals surface area contributed by atoms with Gasteiger partial charge >= 0.3 is 7.25 Å². The van der Waals surface area contributed by atoms with Gasteiger partial charge in [-0.2, -0.15) is 0 Å². The highest BCUT2D eigenvalue weighted by Crippen LogP contribution is 2.10. The van der Waals surface area contributed by atoms with Crippen LogP contribution in [0.25, 0.3) is 0 Å². The molecule has 0 amide bonds. The van der Waals surface area contributed by atoms with Crippen LogP contribution in [0.5, 0.6) is 0 Å². The molecule has 0 rings (SSSR count). The van der Waals surface area contributed by atoms with Gasteiger partial charge in [0.25, 0.3) is 0 Å². The van der Waals surface area contributed by atoms with Crippen LogP contribution in [-0.4, -0.2) is 39.4 Å². The van der Waals surface area contributed by atoms with Gasteiger partial charge in [-0.1, -0.05) is 51.9 Å². The number of rotatable bonds is 10. The zero-order valence-electron chi connectivity index (χ0n) is 13.6. The normalized spacial score (nSPS) is 12.0. The van der Waals surface area contributed by atoms with Crippen LogP contribution in [0.2, 0.25) is 0 Å². The Hall–Kier alpha value is -0.255. The summed E-state index contributed by atoms with van der Waals surface area (Å²) in [5.74, 6) is 0. The molecule has 20 heavy (non-hydrogen) atoms. The van der Waals surface area contributed by atoms with Crippen molar-refractivity contribution < 1.29 is 21.7 Å². The average Bonchev–Trinajstić information content (AvgIpc) is 2.23. The molecule has 0 aliphatic heterocycles. The van der Waals surface area contributed by atoms with Crippen molar-refractivity contribution in [2.24, 2.45) is 0 Å². The maximum absolute atomic E-state index is 9.75. The van der Waals surface area contributed by atoms with E-state index in [0.29, 0.717) is 0 Å². The van der Waals surface area contributed by atoms with E-state index in [4.69, 9.17) is 0 Å². The first-order chi connectivity index (χ1) is 9.06. The molecule has 0 aromatic carbocycles. The molecular formula is C14H32BF4N. The first kappa shape index (κ1) is 22.0. The third-order valence-corrected chi connectivity index (χ3v) is 2.93. The van der Waals surface area contributed by atoms with Gasteiger partial charge < -0.3 is 21.7 Å². The van der Waals surface area contributed by atoms with E-state index in [1.54, 1.807) is 0 Å². The van der Waals surface area contributed by atoms with Crippen molar-refractivity contribution in [2.45, 2.75) is 64.7 Å². The van der Waals surface area contributed by atoms with Gasteiger partial charge in [-0.05, 0) is 12.8 Å². The number of hydrogen-bond donors (Lipinski definition) is 0. The molecule has 1 nitrogen and oxygen atoms in total. The summed E-state index contributed by atoms with van der Waals surface area (Å²) in [6.07, 6.45) is 12.9. The minimum absolute atomic E-state index is 1.12. The van der Waals surface area contributed by atoms with Crippen molar-refractivity contribution >= 4 is 7.25 Å². The van der Waals surface area contributed by atoms with Crippen molar-refractivity contribution in [3.63, 3.8) is 0 Å². The zero-order chi connectivity index (χ0) is 16.1. The van der Waals surface area contributed by atoms with E-state index >= 15 is 0 Å². The second-order valence-electron chi connectivity index (χ2n) is 6.34. The van der Waals surface area contributed by atoms with Crippen LogP contribution < -0.4 is 0 Å². The van der Waals surface area contributed by atoms with Crippen LogP contribution in [-0.2, 0) is 0 Å². The van der Waals surface area contributed by atoms with Crippen LogP contribution in [0.4, 0.5) is 17.3 Å². The molecule has 0 N–H and O–H groups in total. The highest BCUT2D eigenvalue weighted by molar-refractivity contribution is 6.50. The predicted molar refractivity (Wildman–Crippen MR) is 80.3 cm³/mol.